The monoisotopic (exact) mass is 587 g/mol. The summed E-state index contributed by atoms with van der Waals surface area (Å²) in [6.07, 6.45) is -3.71. The molecule has 0 amide bonds. The molecule has 3 rings (SSSR count). The van der Waals surface area contributed by atoms with E-state index in [-0.39, 0.29) is 94.3 Å². The molecule has 180 valence electrons. The third-order valence-electron chi connectivity index (χ3n) is 4.01. The molecule has 4 N–H and O–H groups in total. The topological polar surface area (TPSA) is 274 Å². The molecule has 7 atom stereocenters. The van der Waals surface area contributed by atoms with Gasteiger partial charge in [-0.2, -0.15) is 0 Å². The number of phosphoric ester groups is 1. The van der Waals surface area contributed by atoms with E-state index < -0.39 is 54.6 Å². The number of phosphoric acid groups is 3. The first-order valence-electron chi connectivity index (χ1n) is 8.33. The minimum absolute atomic E-state index is 0. The number of aromatic nitrogens is 4. The summed E-state index contributed by atoms with van der Waals surface area (Å²) in [4.78, 5) is 53.7. The summed E-state index contributed by atoms with van der Waals surface area (Å²) in [5, 5.41) is 23.2. The molecule has 3 unspecified atom stereocenters. The van der Waals surface area contributed by atoms with E-state index in [1.54, 1.807) is 7.05 Å². The summed E-state index contributed by atoms with van der Waals surface area (Å²) in [5.41, 5.74) is 0.513. The number of aliphatic hydroxyl groups is 2. The Balaban J connectivity index is 0.00000385. The number of anilines is 1. The molecule has 0 saturated carbocycles. The number of hydrogen-bond acceptors (Lipinski definition) is 16. The van der Waals surface area contributed by atoms with Crippen LogP contribution >= 0.6 is 23.5 Å². The van der Waals surface area contributed by atoms with E-state index >= 15 is 0 Å². The molecule has 1 saturated heterocycles. The molecule has 2 aromatic heterocycles. The third-order valence-corrected chi connectivity index (χ3v) is 7.70. The van der Waals surface area contributed by atoms with Gasteiger partial charge in [0.25, 0.3) is 23.5 Å². The molecule has 35 heavy (non-hydrogen) atoms. The summed E-state index contributed by atoms with van der Waals surface area (Å²) in [7, 11) is -16.1. The Hall–Kier alpha value is 1.64. The minimum Gasteiger partial charge on any atom is -0.756 e. The maximum Gasteiger partial charge on any atom is 1.00 e. The standard InChI is InChI=1S/C11H18N5O13P3.3Na/c1-12-9-6-10(14-3-13-9)16(4-15-6)11-8(18)7(17)5(27-11)2-26-31(22,23)29-32(24,25)28-30(19,20)21;;;/h3-5,7-8,11,17-18H,2H2,1H3,(H,22,23)(H,24,25)(H,12,13,14)(H2,19,20,21);;;/q;3*+1/p-3/t5-,7-,8-,11-;;;/m1.../s1. The van der Waals surface area contributed by atoms with Crippen molar-refractivity contribution < 1.29 is 150 Å². The van der Waals surface area contributed by atoms with Crippen LogP contribution in [0.25, 0.3) is 11.2 Å². The van der Waals surface area contributed by atoms with Crippen LogP contribution < -0.4 is 109 Å². The van der Waals surface area contributed by atoms with Crippen LogP contribution in [0.5, 0.6) is 0 Å². The van der Waals surface area contributed by atoms with E-state index in [2.05, 4.69) is 33.4 Å². The van der Waals surface area contributed by atoms with Gasteiger partial charge in [0.2, 0.25) is 0 Å². The predicted octanol–water partition coefficient (Wildman–Crippen LogP) is -12.1. The number of hydrogen-bond donors (Lipinski definition) is 4. The van der Waals surface area contributed by atoms with E-state index in [1.807, 2.05) is 0 Å². The molecule has 0 radical (unpaired) electrons. The second-order valence-corrected chi connectivity index (χ2v) is 10.5. The van der Waals surface area contributed by atoms with Gasteiger partial charge in [-0.3, -0.25) is 18.3 Å². The Bertz CT molecular complexity index is 1140. The van der Waals surface area contributed by atoms with Gasteiger partial charge in [0.05, 0.1) is 12.9 Å². The number of imidazole rings is 1. The number of rotatable bonds is 9. The quantitative estimate of drug-likeness (QED) is 0.157. The van der Waals surface area contributed by atoms with Crippen LogP contribution in [-0.2, 0) is 31.6 Å². The summed E-state index contributed by atoms with van der Waals surface area (Å²) in [6, 6.07) is 0. The van der Waals surface area contributed by atoms with Gasteiger partial charge in [0.1, 0.15) is 30.2 Å². The number of ether oxygens (including phenoxy) is 1. The number of fused-ring (bicyclic) bond motifs is 1. The van der Waals surface area contributed by atoms with Crippen LogP contribution in [0.4, 0.5) is 5.82 Å². The zero-order valence-electron chi connectivity index (χ0n) is 18.7. The van der Waals surface area contributed by atoms with Crippen LogP contribution in [-0.4, -0.2) is 66.6 Å². The summed E-state index contributed by atoms with van der Waals surface area (Å²) in [5.74, 6) is 0.362. The van der Waals surface area contributed by atoms with E-state index in [0.29, 0.717) is 11.3 Å². The van der Waals surface area contributed by atoms with Crippen LogP contribution in [0.2, 0.25) is 0 Å². The van der Waals surface area contributed by atoms with Gasteiger partial charge >= 0.3 is 88.7 Å². The summed E-state index contributed by atoms with van der Waals surface area (Å²) in [6.45, 7) is -1.05. The molecule has 2 aromatic rings. The Morgan fingerprint density at radius 1 is 1.06 bits per heavy atom. The predicted molar refractivity (Wildman–Crippen MR) is 94.0 cm³/mol. The molecule has 0 spiro atoms. The Kier molecular flexibility index (Phi) is 15.0. The minimum atomic E-state index is -6.07. The Labute approximate surface area is 263 Å². The van der Waals surface area contributed by atoms with Gasteiger partial charge in [-0.25, -0.2) is 23.6 Å². The van der Waals surface area contributed by atoms with Gasteiger partial charge in [0.15, 0.2) is 17.7 Å². The van der Waals surface area contributed by atoms with Crippen LogP contribution in [0, 0.1) is 0 Å². The fourth-order valence-corrected chi connectivity index (χ4v) is 5.67. The van der Waals surface area contributed by atoms with Crippen molar-refractivity contribution >= 4 is 40.4 Å². The normalized spacial score (nSPS) is 26.8. The maximum absolute atomic E-state index is 11.7. The van der Waals surface area contributed by atoms with E-state index in [9.17, 15) is 38.6 Å². The largest absolute Gasteiger partial charge is 1.00 e. The van der Waals surface area contributed by atoms with Crippen molar-refractivity contribution in [1.82, 2.24) is 19.5 Å². The van der Waals surface area contributed by atoms with Gasteiger partial charge in [-0.15, -0.1) is 0 Å². The molecule has 0 aliphatic carbocycles. The maximum atomic E-state index is 11.7. The van der Waals surface area contributed by atoms with Crippen molar-refractivity contribution in [2.45, 2.75) is 24.5 Å². The van der Waals surface area contributed by atoms with Gasteiger partial charge in [-0.1, -0.05) is 0 Å². The molecular formula is C11H15N5Na3O13P3. The average Bonchev–Trinajstić information content (AvgIpc) is 3.19. The molecule has 1 aliphatic rings. The summed E-state index contributed by atoms with van der Waals surface area (Å²) < 4.78 is 50.8. The van der Waals surface area contributed by atoms with Crippen molar-refractivity contribution in [2.75, 3.05) is 19.0 Å². The molecule has 0 aromatic carbocycles. The second-order valence-electron chi connectivity index (χ2n) is 6.16. The van der Waals surface area contributed by atoms with Crippen molar-refractivity contribution in [2.24, 2.45) is 0 Å². The van der Waals surface area contributed by atoms with E-state index in [4.69, 9.17) is 9.63 Å². The fraction of sp³-hybridized carbons (Fsp3) is 0.545. The van der Waals surface area contributed by atoms with Gasteiger partial charge in [-0.05, 0) is 0 Å². The molecule has 1 aliphatic heterocycles. The molecule has 3 heterocycles. The molecule has 24 heteroatoms. The molecular weight excluding hydrogens is 572 g/mol. The molecule has 0 bridgehead atoms. The fourth-order valence-electron chi connectivity index (χ4n) is 2.77. The number of aliphatic hydroxyl groups excluding tert-OH is 2. The van der Waals surface area contributed by atoms with Crippen molar-refractivity contribution in [1.29, 1.82) is 0 Å². The molecule has 1 fully saturated rings. The molecule has 18 nitrogen and oxygen atoms in total. The zero-order valence-corrected chi connectivity index (χ0v) is 27.4. The van der Waals surface area contributed by atoms with Crippen LogP contribution in [0.1, 0.15) is 6.23 Å². The second kappa shape index (κ2) is 14.3. The van der Waals surface area contributed by atoms with E-state index in [1.165, 1.54) is 17.2 Å². The van der Waals surface area contributed by atoms with Gasteiger partial charge in [0, 0.05) is 7.05 Å². The van der Waals surface area contributed by atoms with Crippen molar-refractivity contribution in [3.8, 4) is 0 Å². The summed E-state index contributed by atoms with van der Waals surface area (Å²) >= 11 is 0. The van der Waals surface area contributed by atoms with E-state index in [0.717, 1.165) is 0 Å². The smallest absolute Gasteiger partial charge is 0.756 e. The zero-order chi connectivity index (χ0) is 23.9. The first kappa shape index (κ1) is 36.6. The average molecular weight is 587 g/mol. The number of nitrogens with zero attached hydrogens (tertiary/aromatic N) is 4. The van der Waals surface area contributed by atoms with Crippen LogP contribution in [0.3, 0.4) is 0 Å². The first-order chi connectivity index (χ1) is 14.7. The van der Waals surface area contributed by atoms with Crippen molar-refractivity contribution in [3.63, 3.8) is 0 Å². The Morgan fingerprint density at radius 2 is 1.69 bits per heavy atom. The first-order valence-corrected chi connectivity index (χ1v) is 12.7. The number of nitrogens with one attached hydrogen (secondary N) is 1. The third kappa shape index (κ3) is 9.65. The SMILES string of the molecule is CNc1ncnc2c1ncn2[C@@H]1O[C@H](COP(=O)([O-])OP(=O)([O-])OP(=O)([O-])O)[C@@H](O)[C@H]1O.[Na+].[Na+].[Na+]. The van der Waals surface area contributed by atoms with Gasteiger partial charge < -0.3 is 44.4 Å². The van der Waals surface area contributed by atoms with Crippen LogP contribution in [0.15, 0.2) is 12.7 Å². The van der Waals surface area contributed by atoms with Crippen molar-refractivity contribution in [3.05, 3.63) is 12.7 Å². The Morgan fingerprint density at radius 3 is 2.26 bits per heavy atom.